The van der Waals surface area contributed by atoms with Crippen LogP contribution in [0.3, 0.4) is 0 Å². The fourth-order valence-corrected chi connectivity index (χ4v) is 3.66. The minimum absolute atomic E-state index is 0.140. The summed E-state index contributed by atoms with van der Waals surface area (Å²) in [4.78, 5) is 11.5. The van der Waals surface area contributed by atoms with Crippen LogP contribution in [0.2, 0.25) is 0 Å². The Morgan fingerprint density at radius 1 is 1.43 bits per heavy atom. The molecule has 1 atom stereocenters. The Morgan fingerprint density at radius 3 is 3.10 bits per heavy atom. The van der Waals surface area contributed by atoms with Crippen LogP contribution in [0.4, 0.5) is 0 Å². The van der Waals surface area contributed by atoms with Crippen molar-refractivity contribution in [2.24, 2.45) is 0 Å². The third kappa shape index (κ3) is 1.99. The van der Waals surface area contributed by atoms with Crippen molar-refractivity contribution in [1.82, 2.24) is 9.78 Å². The van der Waals surface area contributed by atoms with E-state index in [0.29, 0.717) is 11.5 Å². The van der Waals surface area contributed by atoms with Crippen LogP contribution in [0, 0.1) is 0 Å². The number of aromatic carboxylic acids is 1. The fraction of sp³-hybridized carbons (Fsp3) is 0.200. The summed E-state index contributed by atoms with van der Waals surface area (Å²) in [6.07, 6.45) is 4.57. The van der Waals surface area contributed by atoms with Gasteiger partial charge in [-0.05, 0) is 29.7 Å². The lowest BCUT2D eigenvalue weighted by Crippen LogP contribution is -2.20. The Hall–Kier alpha value is -2.34. The van der Waals surface area contributed by atoms with Gasteiger partial charge in [0.1, 0.15) is 10.6 Å². The van der Waals surface area contributed by atoms with Gasteiger partial charge in [-0.3, -0.25) is 4.68 Å². The molecule has 1 unspecified atom stereocenters. The van der Waals surface area contributed by atoms with E-state index < -0.39 is 5.97 Å². The summed E-state index contributed by atoms with van der Waals surface area (Å²) in [6, 6.07) is 7.73. The molecule has 1 aliphatic rings. The molecule has 4 rings (SSSR count). The topological polar surface area (TPSA) is 64.3 Å². The number of carboxylic acid groups (broad SMARTS) is 1. The predicted molar refractivity (Wildman–Crippen MR) is 79.3 cm³/mol. The molecule has 21 heavy (non-hydrogen) atoms. The molecule has 6 heteroatoms. The van der Waals surface area contributed by atoms with Crippen LogP contribution in [0.1, 0.15) is 27.7 Å². The second kappa shape index (κ2) is 4.60. The van der Waals surface area contributed by atoms with E-state index in [1.165, 1.54) is 11.3 Å². The van der Waals surface area contributed by atoms with Crippen molar-refractivity contribution >= 4 is 27.4 Å². The molecule has 0 spiro atoms. The zero-order chi connectivity index (χ0) is 14.4. The number of thiophene rings is 1. The molecule has 1 N–H and O–H groups in total. The van der Waals surface area contributed by atoms with Crippen molar-refractivity contribution in [3.05, 3.63) is 47.1 Å². The van der Waals surface area contributed by atoms with E-state index in [1.807, 2.05) is 29.1 Å². The third-order valence-electron chi connectivity index (χ3n) is 3.71. The highest BCUT2D eigenvalue weighted by Gasteiger charge is 2.24. The molecule has 5 nitrogen and oxygen atoms in total. The van der Waals surface area contributed by atoms with Gasteiger partial charge in [0.05, 0.1) is 12.6 Å². The molecule has 1 aliphatic heterocycles. The quantitative estimate of drug-likeness (QED) is 0.789. The molecule has 0 fully saturated rings. The first kappa shape index (κ1) is 12.4. The van der Waals surface area contributed by atoms with Gasteiger partial charge in [0.15, 0.2) is 0 Å². The van der Waals surface area contributed by atoms with Crippen LogP contribution in [0.5, 0.6) is 5.75 Å². The Morgan fingerprint density at radius 2 is 2.33 bits per heavy atom. The van der Waals surface area contributed by atoms with E-state index in [1.54, 1.807) is 12.3 Å². The van der Waals surface area contributed by atoms with Crippen molar-refractivity contribution < 1.29 is 14.6 Å². The summed E-state index contributed by atoms with van der Waals surface area (Å²) in [5.74, 6) is -0.0632. The van der Waals surface area contributed by atoms with Crippen LogP contribution < -0.4 is 4.74 Å². The number of nitrogens with zero attached hydrogens (tertiary/aromatic N) is 2. The van der Waals surface area contributed by atoms with Crippen molar-refractivity contribution in [3.63, 3.8) is 0 Å². The van der Waals surface area contributed by atoms with E-state index in [-0.39, 0.29) is 6.04 Å². The molecule has 0 aliphatic carbocycles. The predicted octanol–water partition coefficient (Wildman–Crippen LogP) is 3.17. The number of benzene rings is 1. The summed E-state index contributed by atoms with van der Waals surface area (Å²) in [7, 11) is 0. The number of hydrogen-bond acceptors (Lipinski definition) is 4. The normalized spacial score (nSPS) is 17.4. The summed E-state index contributed by atoms with van der Waals surface area (Å²) < 4.78 is 8.61. The molecule has 3 aromatic rings. The van der Waals surface area contributed by atoms with Gasteiger partial charge < -0.3 is 9.84 Å². The van der Waals surface area contributed by atoms with Gasteiger partial charge in [0.25, 0.3) is 0 Å². The van der Waals surface area contributed by atoms with Gasteiger partial charge in [-0.2, -0.15) is 5.10 Å². The lowest BCUT2D eigenvalue weighted by Gasteiger charge is -2.26. The Bertz CT molecular complexity index is 823. The number of ether oxygens (including phenoxy) is 1. The molecular formula is C15H12N2O3S. The highest BCUT2D eigenvalue weighted by atomic mass is 32.1. The van der Waals surface area contributed by atoms with Gasteiger partial charge in [-0.15, -0.1) is 11.3 Å². The third-order valence-corrected chi connectivity index (χ3v) is 4.80. The maximum Gasteiger partial charge on any atom is 0.345 e. The molecule has 1 aromatic carbocycles. The second-order valence-corrected chi connectivity index (χ2v) is 6.07. The van der Waals surface area contributed by atoms with Crippen LogP contribution in [0.15, 0.2) is 36.7 Å². The summed E-state index contributed by atoms with van der Waals surface area (Å²) >= 11 is 1.27. The largest absolute Gasteiger partial charge is 0.493 e. The molecule has 2 aromatic heterocycles. The average Bonchev–Trinajstić information content (AvgIpc) is 3.13. The second-order valence-electron chi connectivity index (χ2n) is 4.98. The molecule has 0 saturated carbocycles. The van der Waals surface area contributed by atoms with E-state index >= 15 is 0 Å². The molecule has 0 saturated heterocycles. The summed E-state index contributed by atoms with van der Waals surface area (Å²) in [5, 5.41) is 14.4. The van der Waals surface area contributed by atoms with Crippen molar-refractivity contribution in [2.45, 2.75) is 12.5 Å². The van der Waals surface area contributed by atoms with E-state index in [2.05, 4.69) is 5.10 Å². The number of fused-ring (bicyclic) bond motifs is 2. The maximum absolute atomic E-state index is 11.1. The molecule has 0 bridgehead atoms. The summed E-state index contributed by atoms with van der Waals surface area (Å²) in [5.41, 5.74) is 1.06. The fourth-order valence-electron chi connectivity index (χ4n) is 2.75. The van der Waals surface area contributed by atoms with E-state index in [0.717, 1.165) is 27.8 Å². The smallest absolute Gasteiger partial charge is 0.345 e. The van der Waals surface area contributed by atoms with Crippen molar-refractivity contribution in [1.29, 1.82) is 0 Å². The molecule has 0 amide bonds. The number of rotatable bonds is 2. The minimum Gasteiger partial charge on any atom is -0.493 e. The highest BCUT2D eigenvalue weighted by molar-refractivity contribution is 7.20. The minimum atomic E-state index is -0.890. The Labute approximate surface area is 124 Å². The zero-order valence-electron chi connectivity index (χ0n) is 11.0. The van der Waals surface area contributed by atoms with E-state index in [4.69, 9.17) is 9.84 Å². The van der Waals surface area contributed by atoms with Crippen molar-refractivity contribution in [2.75, 3.05) is 6.61 Å². The van der Waals surface area contributed by atoms with Crippen molar-refractivity contribution in [3.8, 4) is 5.75 Å². The number of hydrogen-bond donors (Lipinski definition) is 1. The molecule has 0 radical (unpaired) electrons. The average molecular weight is 300 g/mol. The SMILES string of the molecule is O=C(O)c1cc2cc3c(cc2s1)OCCC3n1cccn1. The van der Waals surface area contributed by atoms with Gasteiger partial charge in [0, 0.05) is 29.1 Å². The van der Waals surface area contributed by atoms with Gasteiger partial charge in [0.2, 0.25) is 0 Å². The van der Waals surface area contributed by atoms with Crippen LogP contribution >= 0.6 is 11.3 Å². The number of aromatic nitrogens is 2. The van der Waals surface area contributed by atoms with E-state index in [9.17, 15) is 4.79 Å². The van der Waals surface area contributed by atoms with Crippen LogP contribution in [-0.2, 0) is 0 Å². The lowest BCUT2D eigenvalue weighted by molar-refractivity contribution is 0.0702. The van der Waals surface area contributed by atoms with Gasteiger partial charge in [-0.25, -0.2) is 4.79 Å². The first-order chi connectivity index (χ1) is 10.2. The lowest BCUT2D eigenvalue weighted by atomic mass is 9.99. The summed E-state index contributed by atoms with van der Waals surface area (Å²) in [6.45, 7) is 0.639. The van der Waals surface area contributed by atoms with Crippen LogP contribution in [0.25, 0.3) is 10.1 Å². The van der Waals surface area contributed by atoms with Gasteiger partial charge >= 0.3 is 5.97 Å². The first-order valence-electron chi connectivity index (χ1n) is 6.65. The number of carboxylic acids is 1. The van der Waals surface area contributed by atoms with Gasteiger partial charge in [-0.1, -0.05) is 0 Å². The standard InChI is InChI=1S/C15H12N2O3S/c18-15(19)14-7-9-6-10-11(17-4-1-3-16-17)2-5-20-12(10)8-13(9)21-14/h1,3-4,6-8,11H,2,5H2,(H,18,19). The zero-order valence-corrected chi connectivity index (χ0v) is 11.8. The highest BCUT2D eigenvalue weighted by Crippen LogP contribution is 2.39. The number of carbonyl (C=O) groups is 1. The molecular weight excluding hydrogens is 288 g/mol. The first-order valence-corrected chi connectivity index (χ1v) is 7.47. The monoisotopic (exact) mass is 300 g/mol. The Balaban J connectivity index is 1.88. The molecule has 106 valence electrons. The molecule has 3 heterocycles. The van der Waals surface area contributed by atoms with Crippen LogP contribution in [-0.4, -0.2) is 27.5 Å². The Kier molecular flexibility index (Phi) is 2.71. The maximum atomic E-state index is 11.1.